The Labute approximate surface area is 192 Å². The second kappa shape index (κ2) is 9.60. The first-order valence-corrected chi connectivity index (χ1v) is 11.0. The molecule has 0 aliphatic carbocycles. The first-order valence-electron chi connectivity index (χ1n) is 10.2. The van der Waals surface area contributed by atoms with Gasteiger partial charge in [0.05, 0.1) is 16.9 Å². The smallest absolute Gasteiger partial charge is 0.253 e. The Bertz CT molecular complexity index is 1130. The van der Waals surface area contributed by atoms with Crippen LogP contribution in [0.15, 0.2) is 59.2 Å². The van der Waals surface area contributed by atoms with E-state index >= 15 is 0 Å². The van der Waals surface area contributed by atoms with Crippen LogP contribution in [0.25, 0.3) is 0 Å². The molecule has 1 saturated heterocycles. The van der Waals surface area contributed by atoms with Crippen LogP contribution in [0.2, 0.25) is 0 Å². The highest BCUT2D eigenvalue weighted by Gasteiger charge is 2.29. The zero-order valence-corrected chi connectivity index (χ0v) is 18.7. The van der Waals surface area contributed by atoms with Gasteiger partial charge in [0.15, 0.2) is 5.82 Å². The molecule has 1 aliphatic heterocycles. The minimum Gasteiger partial charge on any atom is -0.338 e. The fourth-order valence-electron chi connectivity index (χ4n) is 3.73. The fourth-order valence-corrected chi connectivity index (χ4v) is 4.15. The van der Waals surface area contributed by atoms with E-state index in [2.05, 4.69) is 26.3 Å². The molecule has 0 spiro atoms. The van der Waals surface area contributed by atoms with E-state index in [0.29, 0.717) is 40.8 Å². The summed E-state index contributed by atoms with van der Waals surface area (Å²) >= 11 is 3.39. The van der Waals surface area contributed by atoms with Crippen LogP contribution in [0.4, 0.5) is 14.6 Å². The Kier molecular flexibility index (Phi) is 6.64. The minimum absolute atomic E-state index is 0.224. The van der Waals surface area contributed by atoms with Crippen molar-refractivity contribution in [3.8, 4) is 0 Å². The monoisotopic (exact) mass is 502 g/mol. The predicted molar refractivity (Wildman–Crippen MR) is 119 cm³/mol. The van der Waals surface area contributed by atoms with E-state index in [9.17, 15) is 18.4 Å². The van der Waals surface area contributed by atoms with Crippen LogP contribution in [0, 0.1) is 17.6 Å². The molecule has 1 aromatic heterocycles. The Morgan fingerprint density at radius 2 is 1.88 bits per heavy atom. The number of aromatic nitrogens is 2. The summed E-state index contributed by atoms with van der Waals surface area (Å²) in [6.45, 7) is 1.04. The van der Waals surface area contributed by atoms with Crippen molar-refractivity contribution >= 4 is 33.6 Å². The summed E-state index contributed by atoms with van der Waals surface area (Å²) < 4.78 is 29.2. The molecule has 1 unspecified atom stereocenters. The largest absolute Gasteiger partial charge is 0.338 e. The van der Waals surface area contributed by atoms with Crippen LogP contribution in [0.3, 0.4) is 0 Å². The second-order valence-corrected chi connectivity index (χ2v) is 8.56. The SMILES string of the molecule is O=C(Nc1nn(Cc2ccccc2F)cc1Br)C1CCCN(C(=O)c2ccc(F)cc2)C1. The van der Waals surface area contributed by atoms with Gasteiger partial charge in [-0.3, -0.25) is 14.3 Å². The van der Waals surface area contributed by atoms with Gasteiger partial charge in [0.1, 0.15) is 11.6 Å². The van der Waals surface area contributed by atoms with E-state index < -0.39 is 11.7 Å². The van der Waals surface area contributed by atoms with Gasteiger partial charge in [0, 0.05) is 30.4 Å². The van der Waals surface area contributed by atoms with Gasteiger partial charge in [0.2, 0.25) is 5.91 Å². The van der Waals surface area contributed by atoms with E-state index in [1.54, 1.807) is 34.0 Å². The van der Waals surface area contributed by atoms with Crippen molar-refractivity contribution < 1.29 is 18.4 Å². The maximum absolute atomic E-state index is 13.9. The summed E-state index contributed by atoms with van der Waals surface area (Å²) in [5.41, 5.74) is 0.879. The van der Waals surface area contributed by atoms with E-state index in [1.807, 2.05) is 0 Å². The summed E-state index contributed by atoms with van der Waals surface area (Å²) in [5, 5.41) is 7.15. The number of piperidine rings is 1. The van der Waals surface area contributed by atoms with Gasteiger partial charge in [-0.1, -0.05) is 18.2 Å². The average molecular weight is 503 g/mol. The number of nitrogens with one attached hydrogen (secondary N) is 1. The van der Waals surface area contributed by atoms with Gasteiger partial charge < -0.3 is 10.2 Å². The normalized spacial score (nSPS) is 16.1. The number of amides is 2. The molecule has 1 aliphatic rings. The number of halogens is 3. The number of nitrogens with zero attached hydrogens (tertiary/aromatic N) is 3. The summed E-state index contributed by atoms with van der Waals surface area (Å²) in [6.07, 6.45) is 3.01. The third kappa shape index (κ3) is 5.04. The Balaban J connectivity index is 1.40. The van der Waals surface area contributed by atoms with Crippen LogP contribution >= 0.6 is 15.9 Å². The molecule has 4 rings (SSSR count). The molecule has 1 atom stereocenters. The van der Waals surface area contributed by atoms with E-state index in [4.69, 9.17) is 0 Å². The number of hydrogen-bond donors (Lipinski definition) is 1. The number of carbonyl (C=O) groups is 2. The molecule has 2 aromatic carbocycles. The minimum atomic E-state index is -0.405. The molecule has 6 nitrogen and oxygen atoms in total. The molecule has 1 fully saturated rings. The molecule has 3 aromatic rings. The van der Waals surface area contributed by atoms with Crippen molar-refractivity contribution in [2.75, 3.05) is 18.4 Å². The number of carbonyl (C=O) groups excluding carboxylic acids is 2. The van der Waals surface area contributed by atoms with Gasteiger partial charge >= 0.3 is 0 Å². The standard InChI is InChI=1S/C23H21BrF2N4O2/c24-19-14-30(13-16-4-1-2-6-20(16)26)28-21(19)27-22(31)17-5-3-11-29(12-17)23(32)15-7-9-18(25)10-8-15/h1-2,4,6-10,14,17H,3,5,11-13H2,(H,27,28,31). The highest BCUT2D eigenvalue weighted by atomic mass is 79.9. The van der Waals surface area contributed by atoms with Crippen molar-refractivity contribution in [2.45, 2.75) is 19.4 Å². The van der Waals surface area contributed by atoms with Crippen LogP contribution in [0.1, 0.15) is 28.8 Å². The fraction of sp³-hybridized carbons (Fsp3) is 0.261. The Hall–Kier alpha value is -3.07. The molecule has 0 bridgehead atoms. The van der Waals surface area contributed by atoms with Crippen molar-refractivity contribution in [1.82, 2.24) is 14.7 Å². The van der Waals surface area contributed by atoms with Gasteiger partial charge in [-0.25, -0.2) is 8.78 Å². The van der Waals surface area contributed by atoms with Gasteiger partial charge in [-0.15, -0.1) is 0 Å². The van der Waals surface area contributed by atoms with Crippen molar-refractivity contribution in [2.24, 2.45) is 5.92 Å². The summed E-state index contributed by atoms with van der Waals surface area (Å²) in [6, 6.07) is 11.8. The summed E-state index contributed by atoms with van der Waals surface area (Å²) in [7, 11) is 0. The van der Waals surface area contributed by atoms with Crippen molar-refractivity contribution in [3.05, 3.63) is 82.0 Å². The van der Waals surface area contributed by atoms with Crippen LogP contribution < -0.4 is 5.32 Å². The number of benzene rings is 2. The molecule has 1 N–H and O–H groups in total. The maximum Gasteiger partial charge on any atom is 0.253 e. The molecular weight excluding hydrogens is 482 g/mol. The first kappa shape index (κ1) is 22.1. The van der Waals surface area contributed by atoms with Crippen molar-refractivity contribution in [3.63, 3.8) is 0 Å². The lowest BCUT2D eigenvalue weighted by Crippen LogP contribution is -2.43. The molecule has 32 heavy (non-hydrogen) atoms. The van der Waals surface area contributed by atoms with Crippen molar-refractivity contribution in [1.29, 1.82) is 0 Å². The molecule has 9 heteroatoms. The molecule has 2 heterocycles. The predicted octanol–water partition coefficient (Wildman–Crippen LogP) is 4.46. The van der Waals surface area contributed by atoms with Crippen LogP contribution in [0.5, 0.6) is 0 Å². The lowest BCUT2D eigenvalue weighted by molar-refractivity contribution is -0.121. The third-order valence-corrected chi connectivity index (χ3v) is 6.00. The van der Waals surface area contributed by atoms with E-state index in [0.717, 1.165) is 0 Å². The molecule has 2 amide bonds. The van der Waals surface area contributed by atoms with Crippen LogP contribution in [-0.4, -0.2) is 39.6 Å². The zero-order chi connectivity index (χ0) is 22.7. The quantitative estimate of drug-likeness (QED) is 0.559. The summed E-state index contributed by atoms with van der Waals surface area (Å²) in [5.74, 6) is -1.24. The number of likely N-dealkylation sites (tertiary alicyclic amines) is 1. The van der Waals surface area contributed by atoms with Gasteiger partial charge in [-0.2, -0.15) is 5.10 Å². The lowest BCUT2D eigenvalue weighted by Gasteiger charge is -2.32. The Morgan fingerprint density at radius 3 is 2.62 bits per heavy atom. The number of anilines is 1. The first-order chi connectivity index (χ1) is 15.4. The highest BCUT2D eigenvalue weighted by Crippen LogP contribution is 2.24. The van der Waals surface area contributed by atoms with Gasteiger partial charge in [-0.05, 0) is 59.1 Å². The molecule has 166 valence electrons. The summed E-state index contributed by atoms with van der Waals surface area (Å²) in [4.78, 5) is 27.2. The lowest BCUT2D eigenvalue weighted by atomic mass is 9.96. The Morgan fingerprint density at radius 1 is 1.12 bits per heavy atom. The third-order valence-electron chi connectivity index (χ3n) is 5.42. The zero-order valence-electron chi connectivity index (χ0n) is 17.1. The molecular formula is C23H21BrF2N4O2. The number of rotatable bonds is 5. The van der Waals surface area contributed by atoms with Crippen LogP contribution in [-0.2, 0) is 11.3 Å². The van der Waals surface area contributed by atoms with E-state index in [-0.39, 0.29) is 30.7 Å². The number of hydrogen-bond acceptors (Lipinski definition) is 3. The highest BCUT2D eigenvalue weighted by molar-refractivity contribution is 9.10. The molecule has 0 saturated carbocycles. The van der Waals surface area contributed by atoms with E-state index in [1.165, 1.54) is 30.3 Å². The average Bonchev–Trinajstić information content (AvgIpc) is 3.14. The maximum atomic E-state index is 13.9. The topological polar surface area (TPSA) is 67.2 Å². The second-order valence-electron chi connectivity index (χ2n) is 7.70. The molecule has 0 radical (unpaired) electrons. The van der Waals surface area contributed by atoms with Gasteiger partial charge in [0.25, 0.3) is 5.91 Å².